The highest BCUT2D eigenvalue weighted by Crippen LogP contribution is 2.30. The zero-order valence-corrected chi connectivity index (χ0v) is 15.4. The number of benzene rings is 1. The van der Waals surface area contributed by atoms with Crippen LogP contribution in [0.25, 0.3) is 16.3 Å². The van der Waals surface area contributed by atoms with Crippen LogP contribution in [-0.4, -0.2) is 39.8 Å². The van der Waals surface area contributed by atoms with Crippen molar-refractivity contribution >= 4 is 38.7 Å². The van der Waals surface area contributed by atoms with Crippen molar-refractivity contribution in [2.24, 2.45) is 7.05 Å². The molecule has 7 heteroatoms. The number of amides is 1. The zero-order chi connectivity index (χ0) is 17.9. The van der Waals surface area contributed by atoms with E-state index in [1.54, 1.807) is 34.4 Å². The number of nitrogens with zero attached hydrogens (tertiary/aromatic N) is 4. The summed E-state index contributed by atoms with van der Waals surface area (Å²) in [6.45, 7) is 1.78. The Morgan fingerprint density at radius 2 is 2.27 bits per heavy atom. The lowest BCUT2D eigenvalue weighted by atomic mass is 10.1. The van der Waals surface area contributed by atoms with E-state index < -0.39 is 0 Å². The van der Waals surface area contributed by atoms with Crippen LogP contribution in [0, 0.1) is 0 Å². The molecule has 1 atom stereocenters. The lowest BCUT2D eigenvalue weighted by molar-refractivity contribution is -0.117. The van der Waals surface area contributed by atoms with Gasteiger partial charge in [0.25, 0.3) is 0 Å². The number of carbonyl (C=O) groups excluding carboxylic acids is 1. The summed E-state index contributed by atoms with van der Waals surface area (Å²) in [5.74, 6) is -0.0648. The fourth-order valence-corrected chi connectivity index (χ4v) is 4.21. The van der Waals surface area contributed by atoms with Gasteiger partial charge in [-0.1, -0.05) is 23.5 Å². The summed E-state index contributed by atoms with van der Waals surface area (Å²) < 4.78 is 2.92. The Hall–Kier alpha value is -2.67. The molecule has 1 fully saturated rings. The number of piperidine rings is 1. The highest BCUT2D eigenvalue weighted by atomic mass is 32.1. The van der Waals surface area contributed by atoms with Crippen molar-refractivity contribution in [2.45, 2.75) is 18.9 Å². The van der Waals surface area contributed by atoms with E-state index >= 15 is 0 Å². The summed E-state index contributed by atoms with van der Waals surface area (Å²) in [5.41, 5.74) is 1.96. The van der Waals surface area contributed by atoms with Gasteiger partial charge in [0.15, 0.2) is 5.13 Å². The number of hydrogen-bond acceptors (Lipinski definition) is 5. The van der Waals surface area contributed by atoms with E-state index in [1.165, 1.54) is 4.70 Å². The number of nitrogens with one attached hydrogen (secondary N) is 1. The molecule has 6 nitrogen and oxygen atoms in total. The van der Waals surface area contributed by atoms with Gasteiger partial charge in [0, 0.05) is 44.0 Å². The molecule has 0 radical (unpaired) electrons. The minimum atomic E-state index is -0.0648. The molecular weight excluding hydrogens is 346 g/mol. The second kappa shape index (κ2) is 7.29. The number of carbonyl (C=O) groups is 1. The van der Waals surface area contributed by atoms with E-state index in [1.807, 2.05) is 31.4 Å². The smallest absolute Gasteiger partial charge is 0.244 e. The Morgan fingerprint density at radius 1 is 1.38 bits per heavy atom. The topological polar surface area (TPSA) is 63.1 Å². The first-order chi connectivity index (χ1) is 12.7. The number of aromatic nitrogens is 3. The van der Waals surface area contributed by atoms with Gasteiger partial charge in [-0.15, -0.1) is 0 Å². The molecule has 0 bridgehead atoms. The van der Waals surface area contributed by atoms with Gasteiger partial charge in [0.05, 0.1) is 16.4 Å². The van der Waals surface area contributed by atoms with Gasteiger partial charge in [0.1, 0.15) is 0 Å². The van der Waals surface area contributed by atoms with Crippen molar-refractivity contribution in [3.63, 3.8) is 0 Å². The molecule has 0 aliphatic carbocycles. The van der Waals surface area contributed by atoms with Crippen LogP contribution in [-0.2, 0) is 11.8 Å². The highest BCUT2D eigenvalue weighted by molar-refractivity contribution is 7.22. The molecule has 1 aliphatic heterocycles. The van der Waals surface area contributed by atoms with Crippen molar-refractivity contribution in [1.29, 1.82) is 0 Å². The molecular formula is C19H21N5OS. The molecule has 1 aliphatic rings. The fourth-order valence-electron chi connectivity index (χ4n) is 3.21. The molecule has 3 aromatic rings. The molecule has 4 rings (SSSR count). The highest BCUT2D eigenvalue weighted by Gasteiger charge is 2.23. The average Bonchev–Trinajstić information content (AvgIpc) is 3.26. The van der Waals surface area contributed by atoms with Gasteiger partial charge < -0.3 is 10.2 Å². The van der Waals surface area contributed by atoms with Gasteiger partial charge >= 0.3 is 0 Å². The number of rotatable bonds is 4. The van der Waals surface area contributed by atoms with Crippen molar-refractivity contribution in [2.75, 3.05) is 18.0 Å². The molecule has 2 aromatic heterocycles. The maximum absolute atomic E-state index is 12.2. The third-order valence-electron chi connectivity index (χ3n) is 4.47. The lowest BCUT2D eigenvalue weighted by Crippen LogP contribution is -2.47. The number of fused-ring (bicyclic) bond motifs is 1. The maximum Gasteiger partial charge on any atom is 0.244 e. The van der Waals surface area contributed by atoms with Crippen molar-refractivity contribution < 1.29 is 4.79 Å². The first-order valence-corrected chi connectivity index (χ1v) is 9.57. The molecule has 1 aromatic carbocycles. The molecule has 134 valence electrons. The Labute approximate surface area is 156 Å². The van der Waals surface area contributed by atoms with Crippen LogP contribution in [0.1, 0.15) is 18.4 Å². The van der Waals surface area contributed by atoms with E-state index in [0.29, 0.717) is 0 Å². The largest absolute Gasteiger partial charge is 0.348 e. The Balaban J connectivity index is 1.38. The van der Waals surface area contributed by atoms with Crippen molar-refractivity contribution in [3.8, 4) is 0 Å². The standard InChI is InChI=1S/C19H21N5OS/c1-23-12-14(11-20-23)8-9-18(25)21-15-5-4-10-24(13-15)19-22-16-6-2-3-7-17(16)26-19/h2-3,6-9,11-12,15H,4-5,10,13H2,1H3,(H,21,25). The van der Waals surface area contributed by atoms with E-state index in [0.717, 1.165) is 42.1 Å². The summed E-state index contributed by atoms with van der Waals surface area (Å²) in [6.07, 6.45) is 9.02. The number of para-hydroxylation sites is 1. The van der Waals surface area contributed by atoms with Gasteiger partial charge in [-0.25, -0.2) is 4.98 Å². The van der Waals surface area contributed by atoms with Crippen LogP contribution in [0.2, 0.25) is 0 Å². The van der Waals surface area contributed by atoms with Gasteiger partial charge in [-0.2, -0.15) is 5.10 Å². The number of aryl methyl sites for hydroxylation is 1. The third kappa shape index (κ3) is 3.77. The first-order valence-electron chi connectivity index (χ1n) is 8.75. The monoisotopic (exact) mass is 367 g/mol. The van der Waals surface area contributed by atoms with Crippen molar-refractivity contribution in [3.05, 3.63) is 48.3 Å². The van der Waals surface area contributed by atoms with Crippen LogP contribution in [0.5, 0.6) is 0 Å². The average molecular weight is 367 g/mol. The van der Waals surface area contributed by atoms with Crippen LogP contribution < -0.4 is 10.2 Å². The second-order valence-corrected chi connectivity index (χ2v) is 7.55. The summed E-state index contributed by atoms with van der Waals surface area (Å²) in [4.78, 5) is 19.2. The Kier molecular flexibility index (Phi) is 4.71. The summed E-state index contributed by atoms with van der Waals surface area (Å²) in [7, 11) is 1.86. The summed E-state index contributed by atoms with van der Waals surface area (Å²) in [5, 5.41) is 8.24. The molecule has 1 amide bonds. The lowest BCUT2D eigenvalue weighted by Gasteiger charge is -2.32. The zero-order valence-electron chi connectivity index (χ0n) is 14.6. The van der Waals surface area contributed by atoms with Crippen LogP contribution >= 0.6 is 11.3 Å². The minimum Gasteiger partial charge on any atom is -0.348 e. The molecule has 3 heterocycles. The predicted molar refractivity (Wildman–Crippen MR) is 105 cm³/mol. The summed E-state index contributed by atoms with van der Waals surface area (Å²) in [6, 6.07) is 8.34. The Bertz CT molecular complexity index is 911. The molecule has 26 heavy (non-hydrogen) atoms. The second-order valence-electron chi connectivity index (χ2n) is 6.54. The Morgan fingerprint density at radius 3 is 3.08 bits per heavy atom. The van der Waals surface area contributed by atoms with Gasteiger partial charge in [0.2, 0.25) is 5.91 Å². The van der Waals surface area contributed by atoms with E-state index in [2.05, 4.69) is 21.4 Å². The number of hydrogen-bond donors (Lipinski definition) is 1. The normalized spacial score (nSPS) is 17.9. The molecule has 0 spiro atoms. The molecule has 1 saturated heterocycles. The van der Waals surface area contributed by atoms with Crippen LogP contribution in [0.3, 0.4) is 0 Å². The molecule has 1 unspecified atom stereocenters. The van der Waals surface area contributed by atoms with E-state index in [4.69, 9.17) is 4.98 Å². The first kappa shape index (κ1) is 16.8. The van der Waals surface area contributed by atoms with Crippen molar-refractivity contribution in [1.82, 2.24) is 20.1 Å². The molecule has 0 saturated carbocycles. The quantitative estimate of drug-likeness (QED) is 0.720. The SMILES string of the molecule is Cn1cc(C=CC(=O)NC2CCCN(c3nc4ccccc4s3)C2)cn1. The van der Waals surface area contributed by atoms with E-state index in [9.17, 15) is 4.79 Å². The maximum atomic E-state index is 12.2. The van der Waals surface area contributed by atoms with Gasteiger partial charge in [-0.3, -0.25) is 9.48 Å². The van der Waals surface area contributed by atoms with Crippen LogP contribution in [0.4, 0.5) is 5.13 Å². The fraction of sp³-hybridized carbons (Fsp3) is 0.316. The van der Waals surface area contributed by atoms with Crippen LogP contribution in [0.15, 0.2) is 42.7 Å². The number of thiazole rings is 1. The minimum absolute atomic E-state index is 0.0648. The van der Waals surface area contributed by atoms with E-state index in [-0.39, 0.29) is 11.9 Å². The predicted octanol–water partition coefficient (Wildman–Crippen LogP) is 2.83. The van der Waals surface area contributed by atoms with Gasteiger partial charge in [-0.05, 0) is 31.1 Å². The molecule has 1 N–H and O–H groups in total. The summed E-state index contributed by atoms with van der Waals surface area (Å²) >= 11 is 1.71. The number of anilines is 1. The third-order valence-corrected chi connectivity index (χ3v) is 5.57.